The molecule has 0 aromatic heterocycles. The summed E-state index contributed by atoms with van der Waals surface area (Å²) >= 11 is 1.56. The molecule has 2 aromatic rings. The molecule has 0 saturated heterocycles. The van der Waals surface area contributed by atoms with E-state index < -0.39 is 9.84 Å². The average Bonchev–Trinajstić information content (AvgIpc) is 2.91. The van der Waals surface area contributed by atoms with Crippen LogP contribution in [0.15, 0.2) is 58.3 Å². The Morgan fingerprint density at radius 2 is 1.82 bits per heavy atom. The van der Waals surface area contributed by atoms with Gasteiger partial charge in [0.05, 0.1) is 10.1 Å². The molecule has 114 valence electrons. The lowest BCUT2D eigenvalue weighted by atomic mass is 10.1. The minimum Gasteiger partial charge on any atom is -0.325 e. The number of amides is 1. The molecule has 1 heterocycles. The van der Waals surface area contributed by atoms with E-state index in [0.717, 1.165) is 11.2 Å². The summed E-state index contributed by atoms with van der Waals surface area (Å²) in [7, 11) is -3.22. The topological polar surface area (TPSA) is 63.2 Å². The number of hydrogen-bond acceptors (Lipinski definition) is 4. The minimum atomic E-state index is -3.22. The van der Waals surface area contributed by atoms with Crippen LogP contribution in [0.3, 0.4) is 0 Å². The molecular weight excluding hydrogens is 318 g/mol. The maximum atomic E-state index is 12.3. The first-order valence-corrected chi connectivity index (χ1v) is 9.56. The molecule has 4 nitrogen and oxygen atoms in total. The summed E-state index contributed by atoms with van der Waals surface area (Å²) in [6.45, 7) is 0. The van der Waals surface area contributed by atoms with Crippen LogP contribution in [-0.4, -0.2) is 25.8 Å². The van der Waals surface area contributed by atoms with Crippen LogP contribution in [0.25, 0.3) is 0 Å². The van der Waals surface area contributed by atoms with Crippen molar-refractivity contribution in [3.63, 3.8) is 0 Å². The van der Waals surface area contributed by atoms with Gasteiger partial charge in [0.2, 0.25) is 5.91 Å². The molecule has 0 saturated carbocycles. The zero-order valence-electron chi connectivity index (χ0n) is 11.9. The van der Waals surface area contributed by atoms with Crippen molar-refractivity contribution in [2.45, 2.75) is 21.5 Å². The number of sulfone groups is 1. The summed E-state index contributed by atoms with van der Waals surface area (Å²) in [5, 5.41) is 2.70. The van der Waals surface area contributed by atoms with Crippen molar-refractivity contribution in [1.82, 2.24) is 0 Å². The lowest BCUT2D eigenvalue weighted by molar-refractivity contribution is -0.115. The molecule has 1 unspecified atom stereocenters. The van der Waals surface area contributed by atoms with Crippen LogP contribution in [0.4, 0.5) is 5.69 Å². The van der Waals surface area contributed by atoms with Gasteiger partial charge < -0.3 is 5.32 Å². The third-order valence-electron chi connectivity index (χ3n) is 3.49. The van der Waals surface area contributed by atoms with E-state index in [-0.39, 0.29) is 16.1 Å². The summed E-state index contributed by atoms with van der Waals surface area (Å²) in [6, 6.07) is 14.2. The molecule has 0 bridgehead atoms. The Bertz CT molecular complexity index is 789. The Balaban J connectivity index is 1.68. The molecule has 0 fully saturated rings. The molecule has 22 heavy (non-hydrogen) atoms. The van der Waals surface area contributed by atoms with Crippen molar-refractivity contribution in [3.8, 4) is 0 Å². The molecule has 1 amide bonds. The van der Waals surface area contributed by atoms with Gasteiger partial charge >= 0.3 is 0 Å². The molecular formula is C16H15NO3S2. The standard InChI is InChI=1S/C16H15NO3S2/c1-22(19,20)13-8-6-12(7-9-13)17-16(18)15-10-11-4-2-3-5-14(11)21-15/h2-9,15H,10H2,1H3,(H,17,18). The fraction of sp³-hybridized carbons (Fsp3) is 0.188. The van der Waals surface area contributed by atoms with Gasteiger partial charge in [-0.05, 0) is 42.3 Å². The van der Waals surface area contributed by atoms with Crippen LogP contribution in [0, 0.1) is 0 Å². The molecule has 3 rings (SSSR count). The smallest absolute Gasteiger partial charge is 0.238 e. The minimum absolute atomic E-state index is 0.0618. The number of carbonyl (C=O) groups is 1. The monoisotopic (exact) mass is 333 g/mol. The predicted octanol–water partition coefficient (Wildman–Crippen LogP) is 2.75. The molecule has 1 aliphatic rings. The number of anilines is 1. The van der Waals surface area contributed by atoms with Gasteiger partial charge in [-0.1, -0.05) is 18.2 Å². The number of hydrogen-bond donors (Lipinski definition) is 1. The number of carbonyl (C=O) groups excluding carboxylic acids is 1. The van der Waals surface area contributed by atoms with E-state index in [1.807, 2.05) is 24.3 Å². The predicted molar refractivity (Wildman–Crippen MR) is 88.0 cm³/mol. The first-order chi connectivity index (χ1) is 10.4. The fourth-order valence-electron chi connectivity index (χ4n) is 2.34. The Hall–Kier alpha value is -1.79. The summed E-state index contributed by atoms with van der Waals surface area (Å²) < 4.78 is 22.8. The molecule has 1 atom stereocenters. The summed E-state index contributed by atoms with van der Waals surface area (Å²) in [4.78, 5) is 13.7. The third kappa shape index (κ3) is 3.18. The van der Waals surface area contributed by atoms with E-state index in [2.05, 4.69) is 5.32 Å². The normalized spacial score (nSPS) is 17.0. The van der Waals surface area contributed by atoms with Gasteiger partial charge in [0.15, 0.2) is 9.84 Å². The van der Waals surface area contributed by atoms with Gasteiger partial charge in [0, 0.05) is 16.8 Å². The molecule has 1 aliphatic heterocycles. The van der Waals surface area contributed by atoms with Crippen LogP contribution in [0.1, 0.15) is 5.56 Å². The average molecular weight is 333 g/mol. The van der Waals surface area contributed by atoms with Gasteiger partial charge in [-0.2, -0.15) is 0 Å². The van der Waals surface area contributed by atoms with Crippen molar-refractivity contribution in [3.05, 3.63) is 54.1 Å². The van der Waals surface area contributed by atoms with Crippen LogP contribution in [0.5, 0.6) is 0 Å². The second kappa shape index (κ2) is 5.78. The lowest BCUT2D eigenvalue weighted by Gasteiger charge is -2.10. The molecule has 2 aromatic carbocycles. The van der Waals surface area contributed by atoms with E-state index in [4.69, 9.17) is 0 Å². The zero-order valence-corrected chi connectivity index (χ0v) is 13.6. The van der Waals surface area contributed by atoms with Gasteiger partial charge in [-0.25, -0.2) is 8.42 Å². The highest BCUT2D eigenvalue weighted by Gasteiger charge is 2.27. The fourth-order valence-corrected chi connectivity index (χ4v) is 4.16. The number of nitrogens with one attached hydrogen (secondary N) is 1. The molecule has 6 heteroatoms. The van der Waals surface area contributed by atoms with Crippen molar-refractivity contribution >= 4 is 33.2 Å². The maximum absolute atomic E-state index is 12.3. The molecule has 0 aliphatic carbocycles. The first kappa shape index (κ1) is 15.1. The van der Waals surface area contributed by atoms with Crippen LogP contribution < -0.4 is 5.32 Å². The number of rotatable bonds is 3. The van der Waals surface area contributed by atoms with Gasteiger partial charge in [0.1, 0.15) is 0 Å². The van der Waals surface area contributed by atoms with E-state index >= 15 is 0 Å². The van der Waals surface area contributed by atoms with Gasteiger partial charge in [-0.3, -0.25) is 4.79 Å². The van der Waals surface area contributed by atoms with Crippen LogP contribution in [-0.2, 0) is 21.1 Å². The largest absolute Gasteiger partial charge is 0.325 e. The second-order valence-corrected chi connectivity index (χ2v) is 8.46. The van der Waals surface area contributed by atoms with Gasteiger partial charge in [-0.15, -0.1) is 11.8 Å². The number of fused-ring (bicyclic) bond motifs is 1. The Labute approximate surface area is 133 Å². The number of benzene rings is 2. The van der Waals surface area contributed by atoms with Crippen molar-refractivity contribution in [2.75, 3.05) is 11.6 Å². The highest BCUT2D eigenvalue weighted by molar-refractivity contribution is 8.01. The van der Waals surface area contributed by atoms with E-state index in [1.165, 1.54) is 17.7 Å². The molecule has 0 radical (unpaired) electrons. The van der Waals surface area contributed by atoms with E-state index in [0.29, 0.717) is 12.1 Å². The zero-order chi connectivity index (χ0) is 15.7. The highest BCUT2D eigenvalue weighted by atomic mass is 32.2. The van der Waals surface area contributed by atoms with E-state index in [9.17, 15) is 13.2 Å². The summed E-state index contributed by atoms with van der Waals surface area (Å²) in [5.74, 6) is -0.0618. The first-order valence-electron chi connectivity index (χ1n) is 6.79. The number of thioether (sulfide) groups is 1. The Morgan fingerprint density at radius 3 is 2.45 bits per heavy atom. The Morgan fingerprint density at radius 1 is 1.14 bits per heavy atom. The van der Waals surface area contributed by atoms with Crippen molar-refractivity contribution in [1.29, 1.82) is 0 Å². The molecule has 0 spiro atoms. The highest BCUT2D eigenvalue weighted by Crippen LogP contribution is 2.37. The van der Waals surface area contributed by atoms with Crippen molar-refractivity contribution < 1.29 is 13.2 Å². The summed E-state index contributed by atoms with van der Waals surface area (Å²) in [6.07, 6.45) is 1.88. The van der Waals surface area contributed by atoms with Crippen LogP contribution >= 0.6 is 11.8 Å². The SMILES string of the molecule is CS(=O)(=O)c1ccc(NC(=O)C2Cc3ccccc3S2)cc1. The molecule has 1 N–H and O–H groups in total. The lowest BCUT2D eigenvalue weighted by Crippen LogP contribution is -2.24. The third-order valence-corrected chi connectivity index (χ3v) is 5.94. The Kier molecular flexibility index (Phi) is 3.97. The van der Waals surface area contributed by atoms with Crippen molar-refractivity contribution in [2.24, 2.45) is 0 Å². The second-order valence-electron chi connectivity index (χ2n) is 5.20. The quantitative estimate of drug-likeness (QED) is 0.938. The van der Waals surface area contributed by atoms with E-state index in [1.54, 1.807) is 23.9 Å². The van der Waals surface area contributed by atoms with Gasteiger partial charge in [0.25, 0.3) is 0 Å². The van der Waals surface area contributed by atoms with Crippen LogP contribution in [0.2, 0.25) is 0 Å². The maximum Gasteiger partial charge on any atom is 0.238 e. The summed E-state index contributed by atoms with van der Waals surface area (Å²) in [5.41, 5.74) is 1.80.